The first-order chi connectivity index (χ1) is 12.6. The van der Waals surface area contributed by atoms with Crippen LogP contribution in [-0.2, 0) is 10.0 Å². The van der Waals surface area contributed by atoms with E-state index >= 15 is 0 Å². The molecule has 0 saturated carbocycles. The van der Waals surface area contributed by atoms with Gasteiger partial charge in [-0.25, -0.2) is 13.1 Å². The second-order valence-electron chi connectivity index (χ2n) is 6.98. The second-order valence-corrected chi connectivity index (χ2v) is 9.61. The zero-order chi connectivity index (χ0) is 19.7. The lowest BCUT2D eigenvalue weighted by Gasteiger charge is -2.20. The summed E-state index contributed by atoms with van der Waals surface area (Å²) in [5.41, 5.74) is 0.565. The first-order valence-electron chi connectivity index (χ1n) is 8.19. The molecule has 2 heterocycles. The quantitative estimate of drug-likeness (QED) is 0.606. The van der Waals surface area contributed by atoms with E-state index in [9.17, 15) is 13.2 Å². The van der Waals surface area contributed by atoms with Gasteiger partial charge in [0.05, 0.1) is 15.5 Å². The molecule has 3 rings (SSSR count). The molecule has 0 fully saturated rings. The number of sulfonamides is 1. The predicted molar refractivity (Wildman–Crippen MR) is 106 cm³/mol. The molecule has 0 bridgehead atoms. The van der Waals surface area contributed by atoms with Gasteiger partial charge in [-0.2, -0.15) is 5.10 Å². The summed E-state index contributed by atoms with van der Waals surface area (Å²) in [5.74, 6) is 0.0291. The molecule has 0 aliphatic carbocycles. The van der Waals surface area contributed by atoms with Crippen molar-refractivity contribution in [3.63, 3.8) is 0 Å². The molecule has 1 aromatic carbocycles. The normalized spacial score (nSPS) is 12.1. The summed E-state index contributed by atoms with van der Waals surface area (Å²) in [5, 5.41) is 11.6. The minimum atomic E-state index is -3.64. The number of anilines is 1. The van der Waals surface area contributed by atoms with E-state index in [-0.39, 0.29) is 10.8 Å². The number of H-pyrrole nitrogens is 1. The fourth-order valence-corrected chi connectivity index (χ4v) is 4.49. The zero-order valence-corrected chi connectivity index (χ0v) is 16.7. The largest absolute Gasteiger partial charge is 0.305 e. The number of amides is 1. The number of hydrogen-bond acceptors (Lipinski definition) is 5. The standard InChI is InChI=1S/C18H20N4O3S2/c1-18(2,3)22-27(24,25)13-8-6-12(7-9-13)17(23)19-16-11-14(20-21-16)15-5-4-10-26-15/h4-11,22H,1-3H3,(H2,19,20,21,23). The van der Waals surface area contributed by atoms with Gasteiger partial charge in [0.2, 0.25) is 10.0 Å². The van der Waals surface area contributed by atoms with Crippen molar-refractivity contribution < 1.29 is 13.2 Å². The van der Waals surface area contributed by atoms with Crippen molar-refractivity contribution >= 4 is 33.1 Å². The van der Waals surface area contributed by atoms with E-state index in [2.05, 4.69) is 20.2 Å². The highest BCUT2D eigenvalue weighted by Gasteiger charge is 2.22. The Morgan fingerprint density at radius 2 is 1.85 bits per heavy atom. The Balaban J connectivity index is 1.71. The third kappa shape index (κ3) is 4.82. The van der Waals surface area contributed by atoms with E-state index in [1.54, 1.807) is 38.2 Å². The van der Waals surface area contributed by atoms with Crippen LogP contribution in [0.4, 0.5) is 5.82 Å². The van der Waals surface area contributed by atoms with Crippen LogP contribution in [0.2, 0.25) is 0 Å². The summed E-state index contributed by atoms with van der Waals surface area (Å²) >= 11 is 1.57. The van der Waals surface area contributed by atoms with Crippen LogP contribution in [0, 0.1) is 0 Å². The number of rotatable bonds is 5. The van der Waals surface area contributed by atoms with E-state index in [1.807, 2.05) is 17.5 Å². The highest BCUT2D eigenvalue weighted by atomic mass is 32.2. The van der Waals surface area contributed by atoms with E-state index < -0.39 is 15.6 Å². The Labute approximate surface area is 161 Å². The summed E-state index contributed by atoms with van der Waals surface area (Å²) in [4.78, 5) is 13.5. The SMILES string of the molecule is CC(C)(C)NS(=O)(=O)c1ccc(C(=O)Nc2cc(-c3cccs3)[nH]n2)cc1. The first-order valence-corrected chi connectivity index (χ1v) is 10.5. The van der Waals surface area contributed by atoms with Crippen molar-refractivity contribution in [3.05, 3.63) is 53.4 Å². The topological polar surface area (TPSA) is 104 Å². The van der Waals surface area contributed by atoms with Gasteiger partial charge in [0.1, 0.15) is 0 Å². The summed E-state index contributed by atoms with van der Waals surface area (Å²) in [7, 11) is -3.64. The Morgan fingerprint density at radius 3 is 2.44 bits per heavy atom. The van der Waals surface area contributed by atoms with Crippen molar-refractivity contribution in [2.75, 3.05) is 5.32 Å². The van der Waals surface area contributed by atoms with Gasteiger partial charge in [-0.1, -0.05) is 6.07 Å². The summed E-state index contributed by atoms with van der Waals surface area (Å²) in [6.45, 7) is 5.29. The van der Waals surface area contributed by atoms with Crippen molar-refractivity contribution in [2.45, 2.75) is 31.2 Å². The predicted octanol–water partition coefficient (Wildman–Crippen LogP) is 3.47. The first kappa shape index (κ1) is 19.3. The molecule has 3 N–H and O–H groups in total. The van der Waals surface area contributed by atoms with Crippen LogP contribution >= 0.6 is 11.3 Å². The average molecular weight is 405 g/mol. The van der Waals surface area contributed by atoms with Crippen molar-refractivity contribution in [1.82, 2.24) is 14.9 Å². The van der Waals surface area contributed by atoms with Crippen molar-refractivity contribution in [3.8, 4) is 10.6 Å². The summed E-state index contributed by atoms with van der Waals surface area (Å²) in [6, 6.07) is 11.4. The van der Waals surface area contributed by atoms with E-state index in [1.165, 1.54) is 24.3 Å². The molecule has 0 spiro atoms. The summed E-state index contributed by atoms with van der Waals surface area (Å²) in [6.07, 6.45) is 0. The molecule has 1 amide bonds. The Morgan fingerprint density at radius 1 is 1.15 bits per heavy atom. The van der Waals surface area contributed by atoms with Gasteiger partial charge in [-0.05, 0) is 56.5 Å². The molecule has 0 aliphatic rings. The molecular weight excluding hydrogens is 384 g/mol. The van der Waals surface area contributed by atoms with Crippen LogP contribution in [0.25, 0.3) is 10.6 Å². The third-order valence-electron chi connectivity index (χ3n) is 3.47. The van der Waals surface area contributed by atoms with E-state index in [4.69, 9.17) is 0 Å². The molecule has 0 atom stereocenters. The molecule has 0 aliphatic heterocycles. The van der Waals surface area contributed by atoms with Gasteiger partial charge >= 0.3 is 0 Å². The number of nitrogens with zero attached hydrogens (tertiary/aromatic N) is 1. The monoisotopic (exact) mass is 404 g/mol. The number of nitrogens with one attached hydrogen (secondary N) is 3. The van der Waals surface area contributed by atoms with Gasteiger partial charge in [0.25, 0.3) is 5.91 Å². The van der Waals surface area contributed by atoms with Gasteiger partial charge in [-0.3, -0.25) is 9.89 Å². The fourth-order valence-electron chi connectivity index (χ4n) is 2.38. The molecule has 2 aromatic heterocycles. The maximum absolute atomic E-state index is 12.4. The molecule has 9 heteroatoms. The number of aromatic nitrogens is 2. The van der Waals surface area contributed by atoms with Crippen LogP contribution in [0.5, 0.6) is 0 Å². The molecule has 0 radical (unpaired) electrons. The average Bonchev–Trinajstić information content (AvgIpc) is 3.23. The number of thiophene rings is 1. The Bertz CT molecular complexity index is 1030. The third-order valence-corrected chi connectivity index (χ3v) is 6.15. The molecule has 0 saturated heterocycles. The van der Waals surface area contributed by atoms with Gasteiger partial charge < -0.3 is 5.32 Å². The van der Waals surface area contributed by atoms with Crippen molar-refractivity contribution in [2.24, 2.45) is 0 Å². The number of carbonyl (C=O) groups is 1. The molecule has 142 valence electrons. The maximum Gasteiger partial charge on any atom is 0.256 e. The molecule has 27 heavy (non-hydrogen) atoms. The minimum absolute atomic E-state index is 0.105. The van der Waals surface area contributed by atoms with Gasteiger partial charge in [-0.15, -0.1) is 11.3 Å². The highest BCUT2D eigenvalue weighted by Crippen LogP contribution is 2.24. The second kappa shape index (κ2) is 7.26. The van der Waals surface area contributed by atoms with E-state index in [0.29, 0.717) is 11.4 Å². The maximum atomic E-state index is 12.4. The van der Waals surface area contributed by atoms with Gasteiger partial charge in [0, 0.05) is 17.2 Å². The number of benzene rings is 1. The van der Waals surface area contributed by atoms with Crippen molar-refractivity contribution in [1.29, 1.82) is 0 Å². The number of carbonyl (C=O) groups excluding carboxylic acids is 1. The lowest BCUT2D eigenvalue weighted by molar-refractivity contribution is 0.102. The molecule has 0 unspecified atom stereocenters. The lowest BCUT2D eigenvalue weighted by Crippen LogP contribution is -2.40. The summed E-state index contributed by atoms with van der Waals surface area (Å²) < 4.78 is 27.2. The van der Waals surface area contributed by atoms with E-state index in [0.717, 1.165) is 10.6 Å². The van der Waals surface area contributed by atoms with Gasteiger partial charge in [0.15, 0.2) is 5.82 Å². The lowest BCUT2D eigenvalue weighted by atomic mass is 10.1. The molecule has 7 nitrogen and oxygen atoms in total. The van der Waals surface area contributed by atoms with Crippen LogP contribution in [-0.4, -0.2) is 30.1 Å². The molecular formula is C18H20N4O3S2. The number of hydrogen-bond donors (Lipinski definition) is 3. The minimum Gasteiger partial charge on any atom is -0.305 e. The molecule has 3 aromatic rings. The smallest absolute Gasteiger partial charge is 0.256 e. The Kier molecular flexibility index (Phi) is 5.18. The fraction of sp³-hybridized carbons (Fsp3) is 0.222. The van der Waals surface area contributed by atoms with Crippen LogP contribution in [0.3, 0.4) is 0 Å². The highest BCUT2D eigenvalue weighted by molar-refractivity contribution is 7.89. The zero-order valence-electron chi connectivity index (χ0n) is 15.1. The van der Waals surface area contributed by atoms with Crippen LogP contribution in [0.1, 0.15) is 31.1 Å². The van der Waals surface area contributed by atoms with Crippen LogP contribution < -0.4 is 10.0 Å². The van der Waals surface area contributed by atoms with Crippen LogP contribution in [0.15, 0.2) is 52.7 Å². The number of aromatic amines is 1. The Hall–Kier alpha value is -2.49.